The highest BCUT2D eigenvalue weighted by Crippen LogP contribution is 2.18. The van der Waals surface area contributed by atoms with Crippen molar-refractivity contribution in [3.05, 3.63) is 12.3 Å². The van der Waals surface area contributed by atoms with Gasteiger partial charge in [0.2, 0.25) is 0 Å². The van der Waals surface area contributed by atoms with Crippen LogP contribution in [0.1, 0.15) is 13.8 Å². The molecule has 1 rings (SSSR count). The fourth-order valence-corrected chi connectivity index (χ4v) is 1.46. The molecule has 0 spiro atoms. The molecule has 0 aromatic rings. The van der Waals surface area contributed by atoms with Gasteiger partial charge in [-0.1, -0.05) is 13.0 Å². The Labute approximate surface area is 68.4 Å². The van der Waals surface area contributed by atoms with Crippen molar-refractivity contribution in [1.82, 2.24) is 5.32 Å². The SMILES string of the molecule is CNCC1C(C)=NC=CC1C. The monoisotopic (exact) mass is 152 g/mol. The van der Waals surface area contributed by atoms with Crippen molar-refractivity contribution in [2.75, 3.05) is 13.6 Å². The van der Waals surface area contributed by atoms with Crippen LogP contribution in [0.25, 0.3) is 0 Å². The summed E-state index contributed by atoms with van der Waals surface area (Å²) in [6.45, 7) is 5.36. The van der Waals surface area contributed by atoms with Crippen LogP contribution >= 0.6 is 0 Å². The van der Waals surface area contributed by atoms with E-state index in [-0.39, 0.29) is 0 Å². The summed E-state index contributed by atoms with van der Waals surface area (Å²) in [6.07, 6.45) is 4.07. The van der Waals surface area contributed by atoms with Crippen molar-refractivity contribution in [3.63, 3.8) is 0 Å². The highest BCUT2D eigenvalue weighted by atomic mass is 14.8. The van der Waals surface area contributed by atoms with Crippen LogP contribution in [0.15, 0.2) is 17.3 Å². The summed E-state index contributed by atoms with van der Waals surface area (Å²) >= 11 is 0. The molecule has 0 saturated heterocycles. The van der Waals surface area contributed by atoms with Gasteiger partial charge in [-0.2, -0.15) is 0 Å². The Morgan fingerprint density at radius 1 is 1.64 bits per heavy atom. The second-order valence-electron chi connectivity index (χ2n) is 3.14. The van der Waals surface area contributed by atoms with E-state index >= 15 is 0 Å². The number of nitrogens with zero attached hydrogens (tertiary/aromatic N) is 1. The zero-order chi connectivity index (χ0) is 8.27. The number of allylic oxidation sites excluding steroid dienone is 1. The van der Waals surface area contributed by atoms with E-state index in [2.05, 4.69) is 30.2 Å². The Morgan fingerprint density at radius 2 is 2.36 bits per heavy atom. The summed E-state index contributed by atoms with van der Waals surface area (Å²) in [7, 11) is 1.98. The lowest BCUT2D eigenvalue weighted by Gasteiger charge is -2.23. The summed E-state index contributed by atoms with van der Waals surface area (Å²) in [5.41, 5.74) is 1.24. The predicted octanol–water partition coefficient (Wildman–Crippen LogP) is 1.45. The van der Waals surface area contributed by atoms with Crippen LogP contribution in [0.5, 0.6) is 0 Å². The molecule has 0 aromatic heterocycles. The smallest absolute Gasteiger partial charge is 0.0230 e. The second kappa shape index (κ2) is 3.67. The van der Waals surface area contributed by atoms with Crippen LogP contribution in [0, 0.1) is 11.8 Å². The first-order valence-corrected chi connectivity index (χ1v) is 4.11. The first-order valence-electron chi connectivity index (χ1n) is 4.11. The van der Waals surface area contributed by atoms with Crippen molar-refractivity contribution in [2.45, 2.75) is 13.8 Å². The molecule has 2 unspecified atom stereocenters. The molecule has 1 aliphatic rings. The molecule has 0 radical (unpaired) electrons. The minimum Gasteiger partial charge on any atom is -0.319 e. The van der Waals surface area contributed by atoms with Crippen LogP contribution in [0.3, 0.4) is 0 Å². The fraction of sp³-hybridized carbons (Fsp3) is 0.667. The van der Waals surface area contributed by atoms with E-state index in [4.69, 9.17) is 0 Å². The Balaban J connectivity index is 2.62. The maximum absolute atomic E-state index is 4.28. The van der Waals surface area contributed by atoms with Crippen molar-refractivity contribution in [2.24, 2.45) is 16.8 Å². The summed E-state index contributed by atoms with van der Waals surface area (Å²) in [4.78, 5) is 4.28. The molecule has 2 atom stereocenters. The van der Waals surface area contributed by atoms with Crippen LogP contribution < -0.4 is 5.32 Å². The van der Waals surface area contributed by atoms with Gasteiger partial charge in [0.1, 0.15) is 0 Å². The lowest BCUT2D eigenvalue weighted by molar-refractivity contribution is 0.508. The summed E-state index contributed by atoms with van der Waals surface area (Å²) in [5, 5.41) is 3.18. The summed E-state index contributed by atoms with van der Waals surface area (Å²) in [5.74, 6) is 1.21. The van der Waals surface area contributed by atoms with Gasteiger partial charge in [0.25, 0.3) is 0 Å². The van der Waals surface area contributed by atoms with Crippen LogP contribution in [-0.4, -0.2) is 19.3 Å². The largest absolute Gasteiger partial charge is 0.319 e. The average Bonchev–Trinajstić information content (AvgIpc) is 1.97. The lowest BCUT2D eigenvalue weighted by Crippen LogP contribution is -2.30. The van der Waals surface area contributed by atoms with Crippen molar-refractivity contribution in [1.29, 1.82) is 0 Å². The van der Waals surface area contributed by atoms with E-state index in [1.54, 1.807) is 0 Å². The first-order chi connectivity index (χ1) is 5.25. The maximum Gasteiger partial charge on any atom is 0.0230 e. The third-order valence-electron chi connectivity index (χ3n) is 2.26. The topological polar surface area (TPSA) is 24.4 Å². The number of aliphatic imine (C=N–C) groups is 1. The minimum absolute atomic E-state index is 0.588. The molecule has 2 nitrogen and oxygen atoms in total. The number of rotatable bonds is 2. The maximum atomic E-state index is 4.28. The molecule has 0 amide bonds. The van der Waals surface area contributed by atoms with Gasteiger partial charge >= 0.3 is 0 Å². The zero-order valence-corrected chi connectivity index (χ0v) is 7.46. The standard InChI is InChI=1S/C9H16N2/c1-7-4-5-11-8(2)9(7)6-10-3/h4-5,7,9-10H,6H2,1-3H3. The van der Waals surface area contributed by atoms with Gasteiger partial charge in [0.15, 0.2) is 0 Å². The molecule has 0 aliphatic carbocycles. The molecule has 0 bridgehead atoms. The number of nitrogens with one attached hydrogen (secondary N) is 1. The molecule has 0 fully saturated rings. The molecular formula is C9H16N2. The predicted molar refractivity (Wildman–Crippen MR) is 48.8 cm³/mol. The number of hydrogen-bond donors (Lipinski definition) is 1. The Hall–Kier alpha value is -0.630. The van der Waals surface area contributed by atoms with Gasteiger partial charge < -0.3 is 5.32 Å². The third-order valence-corrected chi connectivity index (χ3v) is 2.26. The normalized spacial score (nSPS) is 30.3. The van der Waals surface area contributed by atoms with Crippen LogP contribution in [0.2, 0.25) is 0 Å². The van der Waals surface area contributed by atoms with E-state index in [9.17, 15) is 0 Å². The van der Waals surface area contributed by atoms with Crippen LogP contribution in [0.4, 0.5) is 0 Å². The summed E-state index contributed by atoms with van der Waals surface area (Å²) in [6, 6.07) is 0. The highest BCUT2D eigenvalue weighted by molar-refractivity contribution is 5.86. The van der Waals surface area contributed by atoms with E-state index in [1.165, 1.54) is 5.71 Å². The molecule has 1 aliphatic heterocycles. The second-order valence-corrected chi connectivity index (χ2v) is 3.14. The Morgan fingerprint density at radius 3 is 2.91 bits per heavy atom. The van der Waals surface area contributed by atoms with Gasteiger partial charge in [-0.15, -0.1) is 0 Å². The molecule has 1 N–H and O–H groups in total. The van der Waals surface area contributed by atoms with Crippen LogP contribution in [-0.2, 0) is 0 Å². The third kappa shape index (κ3) is 1.90. The zero-order valence-electron chi connectivity index (χ0n) is 7.46. The quantitative estimate of drug-likeness (QED) is 0.636. The van der Waals surface area contributed by atoms with E-state index in [0.717, 1.165) is 6.54 Å². The summed E-state index contributed by atoms with van der Waals surface area (Å²) < 4.78 is 0. The molecular weight excluding hydrogens is 136 g/mol. The van der Waals surface area contributed by atoms with Crippen molar-refractivity contribution in [3.8, 4) is 0 Å². The Kier molecular flexibility index (Phi) is 2.83. The molecule has 0 aromatic carbocycles. The highest BCUT2D eigenvalue weighted by Gasteiger charge is 2.18. The molecule has 0 saturated carbocycles. The molecule has 11 heavy (non-hydrogen) atoms. The van der Waals surface area contributed by atoms with Crippen molar-refractivity contribution < 1.29 is 0 Å². The van der Waals surface area contributed by atoms with Gasteiger partial charge in [0.05, 0.1) is 0 Å². The van der Waals surface area contributed by atoms with E-state index in [0.29, 0.717) is 11.8 Å². The molecule has 1 heterocycles. The fourth-order valence-electron chi connectivity index (χ4n) is 1.46. The molecule has 2 heteroatoms. The van der Waals surface area contributed by atoms with Gasteiger partial charge in [-0.3, -0.25) is 4.99 Å². The van der Waals surface area contributed by atoms with E-state index in [1.807, 2.05) is 13.2 Å². The number of hydrogen-bond acceptors (Lipinski definition) is 2. The van der Waals surface area contributed by atoms with Crippen molar-refractivity contribution >= 4 is 5.71 Å². The lowest BCUT2D eigenvalue weighted by atomic mass is 9.88. The van der Waals surface area contributed by atoms with Gasteiger partial charge in [-0.25, -0.2) is 0 Å². The van der Waals surface area contributed by atoms with Gasteiger partial charge in [0, 0.05) is 24.4 Å². The average molecular weight is 152 g/mol. The molecule has 62 valence electrons. The first kappa shape index (κ1) is 8.47. The Bertz CT molecular complexity index is 182. The van der Waals surface area contributed by atoms with E-state index < -0.39 is 0 Å². The minimum atomic E-state index is 0.588. The van der Waals surface area contributed by atoms with Gasteiger partial charge in [-0.05, 0) is 19.9 Å².